The van der Waals surface area contributed by atoms with Gasteiger partial charge in [-0.05, 0) is 17.7 Å². The highest BCUT2D eigenvalue weighted by atomic mass is 16.5. The average Bonchev–Trinajstić information content (AvgIpc) is 2.52. The first-order valence-electron chi connectivity index (χ1n) is 6.18. The van der Waals surface area contributed by atoms with E-state index in [9.17, 15) is 0 Å². The van der Waals surface area contributed by atoms with E-state index in [1.807, 2.05) is 36.4 Å². The van der Waals surface area contributed by atoms with Crippen molar-refractivity contribution in [3.63, 3.8) is 0 Å². The fourth-order valence-electron chi connectivity index (χ4n) is 1.71. The van der Waals surface area contributed by atoms with E-state index in [-0.39, 0.29) is 6.61 Å². The van der Waals surface area contributed by atoms with E-state index >= 15 is 0 Å². The molecule has 102 valence electrons. The summed E-state index contributed by atoms with van der Waals surface area (Å²) in [4.78, 5) is 0. The van der Waals surface area contributed by atoms with Crippen LogP contribution < -0.4 is 14.2 Å². The first-order chi connectivity index (χ1) is 9.83. The van der Waals surface area contributed by atoms with Crippen molar-refractivity contribution >= 4 is 0 Å². The van der Waals surface area contributed by atoms with Crippen molar-refractivity contribution in [3.8, 4) is 23.3 Å². The molecular formula is C16H15NO3. The molecule has 20 heavy (non-hydrogen) atoms. The van der Waals surface area contributed by atoms with Crippen LogP contribution in [0.15, 0.2) is 48.5 Å². The average molecular weight is 269 g/mol. The molecule has 0 amide bonds. The van der Waals surface area contributed by atoms with Gasteiger partial charge in [-0.25, -0.2) is 0 Å². The molecule has 0 atom stereocenters. The van der Waals surface area contributed by atoms with E-state index < -0.39 is 0 Å². The molecule has 0 aromatic heterocycles. The Morgan fingerprint density at radius 1 is 1.00 bits per heavy atom. The van der Waals surface area contributed by atoms with Gasteiger partial charge in [-0.1, -0.05) is 30.3 Å². The van der Waals surface area contributed by atoms with Gasteiger partial charge >= 0.3 is 0 Å². The minimum atomic E-state index is -0.0133. The Labute approximate surface area is 118 Å². The van der Waals surface area contributed by atoms with Crippen LogP contribution in [0.25, 0.3) is 0 Å². The molecule has 0 radical (unpaired) electrons. The first kappa shape index (κ1) is 13.8. The fourth-order valence-corrected chi connectivity index (χ4v) is 1.71. The van der Waals surface area contributed by atoms with Crippen LogP contribution in [0.1, 0.15) is 5.56 Å². The van der Waals surface area contributed by atoms with Crippen molar-refractivity contribution in [3.05, 3.63) is 54.1 Å². The van der Waals surface area contributed by atoms with Crippen molar-refractivity contribution in [1.82, 2.24) is 0 Å². The van der Waals surface area contributed by atoms with Gasteiger partial charge in [0.25, 0.3) is 0 Å². The first-order valence-corrected chi connectivity index (χ1v) is 6.18. The Hall–Kier alpha value is -2.67. The van der Waals surface area contributed by atoms with Gasteiger partial charge < -0.3 is 14.2 Å². The van der Waals surface area contributed by atoms with E-state index in [4.69, 9.17) is 19.5 Å². The van der Waals surface area contributed by atoms with Gasteiger partial charge in [0.1, 0.15) is 18.4 Å². The Bertz CT molecular complexity index is 590. The summed E-state index contributed by atoms with van der Waals surface area (Å²) in [7, 11) is 1.55. The van der Waals surface area contributed by atoms with E-state index in [2.05, 4.69) is 0 Å². The zero-order chi connectivity index (χ0) is 14.2. The van der Waals surface area contributed by atoms with Crippen LogP contribution in [0.5, 0.6) is 17.2 Å². The summed E-state index contributed by atoms with van der Waals surface area (Å²) in [5, 5.41) is 8.52. The summed E-state index contributed by atoms with van der Waals surface area (Å²) >= 11 is 0. The molecular weight excluding hydrogens is 254 g/mol. The summed E-state index contributed by atoms with van der Waals surface area (Å²) in [6.07, 6.45) is 0. The van der Waals surface area contributed by atoms with Crippen LogP contribution in [-0.4, -0.2) is 13.7 Å². The highest BCUT2D eigenvalue weighted by Crippen LogP contribution is 2.31. The number of rotatable bonds is 6. The lowest BCUT2D eigenvalue weighted by atomic mass is 10.2. The minimum Gasteiger partial charge on any atom is -0.493 e. The topological polar surface area (TPSA) is 51.5 Å². The number of hydrogen-bond acceptors (Lipinski definition) is 4. The second kappa shape index (κ2) is 7.05. The summed E-state index contributed by atoms with van der Waals surface area (Å²) in [5.41, 5.74) is 1.09. The van der Waals surface area contributed by atoms with Crippen molar-refractivity contribution in [2.75, 3.05) is 13.7 Å². The predicted molar refractivity (Wildman–Crippen MR) is 74.9 cm³/mol. The largest absolute Gasteiger partial charge is 0.493 e. The fraction of sp³-hybridized carbons (Fsp3) is 0.188. The van der Waals surface area contributed by atoms with E-state index in [0.717, 1.165) is 5.56 Å². The van der Waals surface area contributed by atoms with Gasteiger partial charge in [0, 0.05) is 6.07 Å². The number of methoxy groups -OCH3 is 1. The molecule has 0 saturated heterocycles. The summed E-state index contributed by atoms with van der Waals surface area (Å²) in [6, 6.07) is 17.1. The SMILES string of the molecule is COc1cc(OCc2ccccc2)ccc1OCC#N. The lowest BCUT2D eigenvalue weighted by Crippen LogP contribution is -1.99. The van der Waals surface area contributed by atoms with E-state index in [1.54, 1.807) is 25.3 Å². The Morgan fingerprint density at radius 3 is 2.50 bits per heavy atom. The molecule has 0 N–H and O–H groups in total. The monoisotopic (exact) mass is 269 g/mol. The quantitative estimate of drug-likeness (QED) is 0.808. The maximum Gasteiger partial charge on any atom is 0.174 e. The number of ether oxygens (including phenoxy) is 3. The van der Waals surface area contributed by atoms with Crippen molar-refractivity contribution < 1.29 is 14.2 Å². The normalized spacial score (nSPS) is 9.60. The second-order valence-corrected chi connectivity index (χ2v) is 4.03. The van der Waals surface area contributed by atoms with Gasteiger partial charge in [-0.15, -0.1) is 0 Å². The molecule has 0 bridgehead atoms. The third-order valence-corrected chi connectivity index (χ3v) is 2.68. The Balaban J connectivity index is 2.04. The number of hydrogen-bond donors (Lipinski definition) is 0. The van der Waals surface area contributed by atoms with Gasteiger partial charge in [-0.2, -0.15) is 5.26 Å². The molecule has 0 saturated carbocycles. The molecule has 0 spiro atoms. The van der Waals surface area contributed by atoms with Crippen LogP contribution in [-0.2, 0) is 6.61 Å². The predicted octanol–water partition coefficient (Wildman–Crippen LogP) is 3.18. The lowest BCUT2D eigenvalue weighted by Gasteiger charge is -2.11. The maximum atomic E-state index is 8.52. The lowest BCUT2D eigenvalue weighted by molar-refractivity contribution is 0.297. The summed E-state index contributed by atoms with van der Waals surface area (Å²) in [6.45, 7) is 0.475. The molecule has 2 aromatic rings. The molecule has 0 aliphatic heterocycles. The van der Waals surface area contributed by atoms with Gasteiger partial charge in [0.15, 0.2) is 18.1 Å². The van der Waals surface area contributed by atoms with Crippen molar-refractivity contribution in [1.29, 1.82) is 5.26 Å². The van der Waals surface area contributed by atoms with Crippen LogP contribution >= 0.6 is 0 Å². The smallest absolute Gasteiger partial charge is 0.174 e. The van der Waals surface area contributed by atoms with Crippen molar-refractivity contribution in [2.24, 2.45) is 0 Å². The van der Waals surface area contributed by atoms with Crippen LogP contribution in [0, 0.1) is 11.3 Å². The zero-order valence-electron chi connectivity index (χ0n) is 11.2. The molecule has 0 aliphatic carbocycles. The maximum absolute atomic E-state index is 8.52. The van der Waals surface area contributed by atoms with Crippen LogP contribution in [0.3, 0.4) is 0 Å². The van der Waals surface area contributed by atoms with Gasteiger partial charge in [0.05, 0.1) is 7.11 Å². The molecule has 2 rings (SSSR count). The molecule has 0 fully saturated rings. The Kier molecular flexibility index (Phi) is 4.85. The van der Waals surface area contributed by atoms with Gasteiger partial charge in [0.2, 0.25) is 0 Å². The third-order valence-electron chi connectivity index (χ3n) is 2.68. The Morgan fingerprint density at radius 2 is 1.80 bits per heavy atom. The standard InChI is InChI=1S/C16H15NO3/c1-18-16-11-14(7-8-15(16)19-10-9-17)20-12-13-5-3-2-4-6-13/h2-8,11H,10,12H2,1H3. The van der Waals surface area contributed by atoms with Crippen molar-refractivity contribution in [2.45, 2.75) is 6.61 Å². The zero-order valence-corrected chi connectivity index (χ0v) is 11.2. The van der Waals surface area contributed by atoms with Crippen LogP contribution in [0.2, 0.25) is 0 Å². The molecule has 0 unspecified atom stereocenters. The highest BCUT2D eigenvalue weighted by Gasteiger charge is 2.06. The second-order valence-electron chi connectivity index (χ2n) is 4.03. The minimum absolute atomic E-state index is 0.0133. The molecule has 4 heteroatoms. The van der Waals surface area contributed by atoms with E-state index in [1.165, 1.54) is 0 Å². The summed E-state index contributed by atoms with van der Waals surface area (Å²) < 4.78 is 16.2. The van der Waals surface area contributed by atoms with E-state index in [0.29, 0.717) is 23.9 Å². The third kappa shape index (κ3) is 3.66. The van der Waals surface area contributed by atoms with Gasteiger partial charge in [-0.3, -0.25) is 0 Å². The molecule has 0 heterocycles. The number of nitrogens with zero attached hydrogens (tertiary/aromatic N) is 1. The summed E-state index contributed by atoms with van der Waals surface area (Å²) in [5.74, 6) is 1.77. The number of benzene rings is 2. The molecule has 2 aromatic carbocycles. The van der Waals surface area contributed by atoms with Crippen LogP contribution in [0.4, 0.5) is 0 Å². The molecule has 0 aliphatic rings. The molecule has 4 nitrogen and oxygen atoms in total. The highest BCUT2D eigenvalue weighted by molar-refractivity contribution is 5.45. The number of nitriles is 1.